The zero-order valence-corrected chi connectivity index (χ0v) is 18.4. The quantitative estimate of drug-likeness (QED) is 0.496. The third-order valence-electron chi connectivity index (χ3n) is 4.89. The number of nitrogens with zero attached hydrogens (tertiary/aromatic N) is 3. The first-order valence-electron chi connectivity index (χ1n) is 9.02. The Labute approximate surface area is 187 Å². The molecule has 2 atom stereocenters. The number of hydrogen-bond acceptors (Lipinski definition) is 4. The Morgan fingerprint density at radius 1 is 1.21 bits per heavy atom. The van der Waals surface area contributed by atoms with Gasteiger partial charge in [-0.25, -0.2) is 19.1 Å². The highest BCUT2D eigenvalue weighted by Gasteiger charge is 2.45. The molecular weight excluding hydrogens is 465 g/mol. The van der Waals surface area contributed by atoms with Crippen molar-refractivity contribution in [3.05, 3.63) is 30.1 Å². The minimum absolute atomic E-state index is 0.0739. The summed E-state index contributed by atoms with van der Waals surface area (Å²) in [4.78, 5) is 31.4. The van der Waals surface area contributed by atoms with E-state index >= 15 is 0 Å². The van der Waals surface area contributed by atoms with Gasteiger partial charge in [-0.05, 0) is 25.0 Å². The van der Waals surface area contributed by atoms with Gasteiger partial charge in [0.2, 0.25) is 9.63 Å². The molecule has 1 aromatic carbocycles. The van der Waals surface area contributed by atoms with Crippen molar-refractivity contribution in [1.29, 1.82) is 0 Å². The van der Waals surface area contributed by atoms with E-state index in [0.717, 1.165) is 35.5 Å². The van der Waals surface area contributed by atoms with Crippen LogP contribution in [0.15, 0.2) is 29.3 Å². The summed E-state index contributed by atoms with van der Waals surface area (Å²) in [7, 11) is 1.29. The number of benzene rings is 1. The second kappa shape index (κ2) is 8.94. The van der Waals surface area contributed by atoms with Gasteiger partial charge in [0.1, 0.15) is 17.4 Å². The SMILES string of the molecule is CN1C(=O)/C(=N\C(NC2CCCC2)C(Cl)C(Cl)(Cl)Cl)N(c2ccccc2F)C1=O. The molecule has 3 amide bonds. The lowest BCUT2D eigenvalue weighted by atomic mass is 10.2. The number of likely N-dealkylation sites (N-methyl/N-ethyl adjacent to an activating group) is 1. The van der Waals surface area contributed by atoms with Crippen LogP contribution in [-0.4, -0.2) is 51.1 Å². The number of aliphatic imine (C=N–C) groups is 1. The van der Waals surface area contributed by atoms with Crippen molar-refractivity contribution in [2.24, 2.45) is 4.99 Å². The zero-order valence-electron chi connectivity index (χ0n) is 15.4. The number of halogens is 5. The van der Waals surface area contributed by atoms with Crippen LogP contribution in [0.2, 0.25) is 0 Å². The van der Waals surface area contributed by atoms with Crippen molar-refractivity contribution in [3.8, 4) is 0 Å². The molecule has 11 heteroatoms. The van der Waals surface area contributed by atoms with Gasteiger partial charge in [-0.15, -0.1) is 11.6 Å². The van der Waals surface area contributed by atoms with Gasteiger partial charge in [0, 0.05) is 13.1 Å². The minimum atomic E-state index is -1.89. The van der Waals surface area contributed by atoms with E-state index in [2.05, 4.69) is 10.3 Å². The first-order valence-corrected chi connectivity index (χ1v) is 10.6. The smallest absolute Gasteiger partial charge is 0.292 e. The molecule has 158 valence electrons. The predicted molar refractivity (Wildman–Crippen MR) is 114 cm³/mol. The standard InChI is InChI=1S/C18H19Cl4FN4O2/c1-26-16(28)15(27(17(26)29)12-9-5-4-8-11(12)23)25-14(13(19)18(20,21)22)24-10-6-2-3-7-10/h4-5,8-10,13-14,24H,2-3,6-7H2,1H3/b25-15+. The van der Waals surface area contributed by atoms with Crippen LogP contribution in [0.25, 0.3) is 0 Å². The fraction of sp³-hybridized carbons (Fsp3) is 0.500. The van der Waals surface area contributed by atoms with Crippen molar-refractivity contribution < 1.29 is 14.0 Å². The molecule has 2 fully saturated rings. The number of para-hydroxylation sites is 1. The van der Waals surface area contributed by atoms with Gasteiger partial charge < -0.3 is 0 Å². The van der Waals surface area contributed by atoms with Crippen LogP contribution < -0.4 is 10.2 Å². The molecule has 1 heterocycles. The van der Waals surface area contributed by atoms with E-state index in [1.54, 1.807) is 6.07 Å². The van der Waals surface area contributed by atoms with E-state index in [-0.39, 0.29) is 17.6 Å². The third kappa shape index (κ3) is 4.80. The topological polar surface area (TPSA) is 65.0 Å². The fourth-order valence-electron chi connectivity index (χ4n) is 3.37. The van der Waals surface area contributed by atoms with Gasteiger partial charge in [0.05, 0.1) is 5.69 Å². The van der Waals surface area contributed by atoms with Crippen LogP contribution in [0, 0.1) is 5.82 Å². The van der Waals surface area contributed by atoms with E-state index < -0.39 is 33.1 Å². The molecular formula is C18H19Cl4FN4O2. The lowest BCUT2D eigenvalue weighted by molar-refractivity contribution is -0.119. The number of imide groups is 1. The molecule has 0 aromatic heterocycles. The largest absolute Gasteiger partial charge is 0.337 e. The molecule has 1 saturated heterocycles. The Morgan fingerprint density at radius 2 is 1.83 bits per heavy atom. The van der Waals surface area contributed by atoms with E-state index in [4.69, 9.17) is 46.4 Å². The molecule has 0 spiro atoms. The average molecular weight is 484 g/mol. The normalized spacial score (nSPS) is 22.1. The summed E-state index contributed by atoms with van der Waals surface area (Å²) in [5, 5.41) is 2.07. The Hall–Kier alpha value is -1.12. The number of hydrogen-bond donors (Lipinski definition) is 1. The van der Waals surface area contributed by atoms with Gasteiger partial charge in [-0.2, -0.15) is 0 Å². The summed E-state index contributed by atoms with van der Waals surface area (Å²) >= 11 is 24.3. The highest BCUT2D eigenvalue weighted by atomic mass is 35.6. The highest BCUT2D eigenvalue weighted by Crippen LogP contribution is 2.37. The van der Waals surface area contributed by atoms with Gasteiger partial charge >= 0.3 is 6.03 Å². The molecule has 1 aliphatic carbocycles. The Bertz CT molecular complexity index is 826. The minimum Gasteiger partial charge on any atom is -0.292 e. The van der Waals surface area contributed by atoms with E-state index in [1.165, 1.54) is 25.2 Å². The van der Waals surface area contributed by atoms with Crippen molar-refractivity contribution in [1.82, 2.24) is 10.2 Å². The molecule has 2 unspecified atom stereocenters. The highest BCUT2D eigenvalue weighted by molar-refractivity contribution is 6.70. The zero-order chi connectivity index (χ0) is 21.3. The Morgan fingerprint density at radius 3 is 2.41 bits per heavy atom. The maximum absolute atomic E-state index is 14.4. The van der Waals surface area contributed by atoms with Crippen molar-refractivity contribution in [3.63, 3.8) is 0 Å². The third-order valence-corrected chi connectivity index (χ3v) is 6.50. The van der Waals surface area contributed by atoms with Gasteiger partial charge in [-0.1, -0.05) is 59.8 Å². The molecule has 1 N–H and O–H groups in total. The van der Waals surface area contributed by atoms with Crippen LogP contribution in [0.4, 0.5) is 14.9 Å². The molecule has 0 radical (unpaired) electrons. The maximum Gasteiger partial charge on any atom is 0.337 e. The van der Waals surface area contributed by atoms with Crippen molar-refractivity contribution >= 4 is 69.9 Å². The van der Waals surface area contributed by atoms with Crippen LogP contribution in [0.5, 0.6) is 0 Å². The molecule has 0 bridgehead atoms. The number of urea groups is 1. The first-order chi connectivity index (χ1) is 13.6. The number of alkyl halides is 4. The molecule has 1 saturated carbocycles. The molecule has 6 nitrogen and oxygen atoms in total. The van der Waals surface area contributed by atoms with Crippen LogP contribution >= 0.6 is 46.4 Å². The van der Waals surface area contributed by atoms with E-state index in [9.17, 15) is 14.0 Å². The number of amidine groups is 1. The number of amides is 3. The lowest BCUT2D eigenvalue weighted by Crippen LogP contribution is -2.47. The second-order valence-corrected chi connectivity index (χ2v) is 9.76. The van der Waals surface area contributed by atoms with Gasteiger partial charge in [-0.3, -0.25) is 15.0 Å². The summed E-state index contributed by atoms with van der Waals surface area (Å²) in [5.74, 6) is -1.68. The van der Waals surface area contributed by atoms with Crippen molar-refractivity contribution in [2.45, 2.75) is 47.1 Å². The summed E-state index contributed by atoms with van der Waals surface area (Å²) in [5.41, 5.74) is -0.103. The first kappa shape index (κ1) is 22.6. The number of carbonyl (C=O) groups is 2. The second-order valence-electron chi connectivity index (χ2n) is 6.92. The maximum atomic E-state index is 14.4. The van der Waals surface area contributed by atoms with Gasteiger partial charge in [0.25, 0.3) is 5.91 Å². The van der Waals surface area contributed by atoms with Gasteiger partial charge in [0.15, 0.2) is 0 Å². The van der Waals surface area contributed by atoms with Crippen LogP contribution in [-0.2, 0) is 4.79 Å². The van der Waals surface area contributed by atoms with E-state index in [1.807, 2.05) is 0 Å². The molecule has 2 aliphatic rings. The van der Waals surface area contributed by atoms with Crippen molar-refractivity contribution in [2.75, 3.05) is 11.9 Å². The number of nitrogens with one attached hydrogen (secondary N) is 1. The Balaban J connectivity index is 2.03. The van der Waals surface area contributed by atoms with Crippen LogP contribution in [0.1, 0.15) is 25.7 Å². The molecule has 1 aliphatic heterocycles. The summed E-state index contributed by atoms with van der Waals surface area (Å²) in [6.45, 7) is 0. The molecule has 1 aromatic rings. The predicted octanol–water partition coefficient (Wildman–Crippen LogP) is 4.46. The monoisotopic (exact) mass is 482 g/mol. The summed E-state index contributed by atoms with van der Waals surface area (Å²) < 4.78 is 12.5. The van der Waals surface area contributed by atoms with E-state index in [0.29, 0.717) is 0 Å². The summed E-state index contributed by atoms with van der Waals surface area (Å²) in [6, 6.07) is 4.92. The van der Waals surface area contributed by atoms with Crippen LogP contribution in [0.3, 0.4) is 0 Å². The Kier molecular flexibility index (Phi) is 6.95. The molecule has 29 heavy (non-hydrogen) atoms. The fourth-order valence-corrected chi connectivity index (χ4v) is 3.86. The molecule has 3 rings (SSSR count). The summed E-state index contributed by atoms with van der Waals surface area (Å²) in [6.07, 6.45) is 2.84. The lowest BCUT2D eigenvalue weighted by Gasteiger charge is -2.28. The number of anilines is 1. The number of rotatable bonds is 5. The average Bonchev–Trinajstić information content (AvgIpc) is 3.24. The number of carbonyl (C=O) groups excluding carboxylic acids is 2.